The maximum atomic E-state index is 11.6. The smallest absolute Gasteiger partial charge is 0.290 e. The molecule has 0 atom stereocenters. The molecule has 0 radical (unpaired) electrons. The van der Waals surface area contributed by atoms with E-state index in [4.69, 9.17) is 4.74 Å². The molecule has 3 rings (SSSR count). The SMILES string of the molecule is O=C1NC(=O)/C(=C\c2ccc(OCCC3CCCCC3)c(Br)c2)S1. The van der Waals surface area contributed by atoms with Gasteiger partial charge in [0.15, 0.2) is 0 Å². The normalized spacial score (nSPS) is 20.5. The molecule has 0 aromatic heterocycles. The predicted molar refractivity (Wildman–Crippen MR) is 99.9 cm³/mol. The summed E-state index contributed by atoms with van der Waals surface area (Å²) in [7, 11) is 0. The van der Waals surface area contributed by atoms with Crippen molar-refractivity contribution in [2.24, 2.45) is 5.92 Å². The van der Waals surface area contributed by atoms with E-state index in [9.17, 15) is 9.59 Å². The van der Waals surface area contributed by atoms with E-state index in [1.807, 2.05) is 18.2 Å². The van der Waals surface area contributed by atoms with Crippen LogP contribution < -0.4 is 10.1 Å². The number of imide groups is 1. The minimum atomic E-state index is -0.339. The van der Waals surface area contributed by atoms with E-state index in [2.05, 4.69) is 21.2 Å². The van der Waals surface area contributed by atoms with Gasteiger partial charge in [0.05, 0.1) is 16.0 Å². The van der Waals surface area contributed by atoms with E-state index in [0.29, 0.717) is 4.91 Å². The molecule has 1 aliphatic heterocycles. The fourth-order valence-electron chi connectivity index (χ4n) is 3.11. The zero-order valence-electron chi connectivity index (χ0n) is 13.3. The topological polar surface area (TPSA) is 55.4 Å². The minimum Gasteiger partial charge on any atom is -0.492 e. The van der Waals surface area contributed by atoms with Crippen LogP contribution in [-0.4, -0.2) is 17.8 Å². The van der Waals surface area contributed by atoms with Crippen molar-refractivity contribution >= 4 is 44.9 Å². The molecule has 6 heteroatoms. The molecule has 0 spiro atoms. The lowest BCUT2D eigenvalue weighted by molar-refractivity contribution is -0.115. The van der Waals surface area contributed by atoms with Crippen LogP contribution in [0.25, 0.3) is 6.08 Å². The highest BCUT2D eigenvalue weighted by Crippen LogP contribution is 2.31. The summed E-state index contributed by atoms with van der Waals surface area (Å²) in [5, 5.41) is 1.93. The molecule has 2 aliphatic rings. The summed E-state index contributed by atoms with van der Waals surface area (Å²) in [5.74, 6) is 1.28. The number of benzene rings is 1. The van der Waals surface area contributed by atoms with Gasteiger partial charge in [-0.15, -0.1) is 0 Å². The molecule has 0 bridgehead atoms. The van der Waals surface area contributed by atoms with Gasteiger partial charge < -0.3 is 4.74 Å². The molecular formula is C18H20BrNO3S. The van der Waals surface area contributed by atoms with Gasteiger partial charge in [-0.1, -0.05) is 38.2 Å². The van der Waals surface area contributed by atoms with Gasteiger partial charge in [-0.2, -0.15) is 0 Å². The first kappa shape index (κ1) is 17.5. The van der Waals surface area contributed by atoms with Crippen LogP contribution in [0, 0.1) is 5.92 Å². The number of hydrogen-bond donors (Lipinski definition) is 1. The van der Waals surface area contributed by atoms with Crippen molar-refractivity contribution in [3.05, 3.63) is 33.1 Å². The van der Waals surface area contributed by atoms with Crippen LogP contribution in [0.4, 0.5) is 4.79 Å². The van der Waals surface area contributed by atoms with Gasteiger partial charge in [0.1, 0.15) is 5.75 Å². The summed E-state index contributed by atoms with van der Waals surface area (Å²) in [6.07, 6.45) is 9.56. The molecule has 2 amide bonds. The highest BCUT2D eigenvalue weighted by molar-refractivity contribution is 9.10. The maximum Gasteiger partial charge on any atom is 0.290 e. The predicted octanol–water partition coefficient (Wildman–Crippen LogP) is 5.12. The Kier molecular flexibility index (Phi) is 6.00. The zero-order valence-corrected chi connectivity index (χ0v) is 15.7. The summed E-state index contributed by atoms with van der Waals surface area (Å²) in [5.41, 5.74) is 0.855. The molecule has 2 fully saturated rings. The van der Waals surface area contributed by atoms with Crippen LogP contribution in [0.15, 0.2) is 27.6 Å². The van der Waals surface area contributed by atoms with Crippen LogP contribution in [0.2, 0.25) is 0 Å². The number of carbonyl (C=O) groups is 2. The average Bonchev–Trinajstić information content (AvgIpc) is 2.88. The first-order valence-corrected chi connectivity index (χ1v) is 9.90. The second-order valence-corrected chi connectivity index (χ2v) is 8.05. The Balaban J connectivity index is 1.57. The Morgan fingerprint density at radius 2 is 2.04 bits per heavy atom. The highest BCUT2D eigenvalue weighted by Gasteiger charge is 2.25. The van der Waals surface area contributed by atoms with Gasteiger partial charge in [-0.05, 0) is 63.8 Å². The van der Waals surface area contributed by atoms with E-state index >= 15 is 0 Å². The number of ether oxygens (including phenoxy) is 1. The number of carbonyl (C=O) groups excluding carboxylic acids is 2. The third-order valence-electron chi connectivity index (χ3n) is 4.40. The van der Waals surface area contributed by atoms with Crippen molar-refractivity contribution < 1.29 is 14.3 Å². The molecule has 1 N–H and O–H groups in total. The van der Waals surface area contributed by atoms with E-state index in [1.54, 1.807) is 6.08 Å². The first-order chi connectivity index (χ1) is 11.6. The molecule has 128 valence electrons. The summed E-state index contributed by atoms with van der Waals surface area (Å²) in [4.78, 5) is 23.2. The first-order valence-electron chi connectivity index (χ1n) is 8.29. The Hall–Kier alpha value is -1.27. The van der Waals surface area contributed by atoms with Crippen molar-refractivity contribution in [2.45, 2.75) is 38.5 Å². The van der Waals surface area contributed by atoms with E-state index < -0.39 is 0 Å². The quantitative estimate of drug-likeness (QED) is 0.685. The Morgan fingerprint density at radius 1 is 1.25 bits per heavy atom. The molecule has 1 heterocycles. The largest absolute Gasteiger partial charge is 0.492 e. The van der Waals surface area contributed by atoms with Crippen LogP contribution in [0.1, 0.15) is 44.1 Å². The van der Waals surface area contributed by atoms with E-state index in [0.717, 1.165) is 46.5 Å². The van der Waals surface area contributed by atoms with Crippen LogP contribution in [0.3, 0.4) is 0 Å². The molecule has 1 aromatic carbocycles. The van der Waals surface area contributed by atoms with Crippen LogP contribution in [0.5, 0.6) is 5.75 Å². The van der Waals surface area contributed by atoms with Crippen molar-refractivity contribution in [3.8, 4) is 5.75 Å². The monoisotopic (exact) mass is 409 g/mol. The van der Waals surface area contributed by atoms with Crippen LogP contribution in [-0.2, 0) is 4.79 Å². The highest BCUT2D eigenvalue weighted by atomic mass is 79.9. The number of hydrogen-bond acceptors (Lipinski definition) is 4. The lowest BCUT2D eigenvalue weighted by atomic mass is 9.87. The summed E-state index contributed by atoms with van der Waals surface area (Å²) in [6.45, 7) is 0.733. The van der Waals surface area contributed by atoms with Crippen LogP contribution >= 0.6 is 27.7 Å². The molecule has 0 unspecified atom stereocenters. The Morgan fingerprint density at radius 3 is 2.71 bits per heavy atom. The Labute approximate surface area is 154 Å². The second kappa shape index (κ2) is 8.21. The van der Waals surface area contributed by atoms with Gasteiger partial charge >= 0.3 is 0 Å². The van der Waals surface area contributed by atoms with Gasteiger partial charge in [-0.25, -0.2) is 0 Å². The molecule has 1 aromatic rings. The Bertz CT molecular complexity index is 668. The molecule has 1 aliphatic carbocycles. The second-order valence-electron chi connectivity index (χ2n) is 6.18. The molecule has 4 nitrogen and oxygen atoms in total. The van der Waals surface area contributed by atoms with E-state index in [1.165, 1.54) is 32.1 Å². The molecule has 1 saturated heterocycles. The zero-order chi connectivity index (χ0) is 16.9. The summed E-state index contributed by atoms with van der Waals surface area (Å²) < 4.78 is 6.75. The van der Waals surface area contributed by atoms with Gasteiger partial charge in [0.25, 0.3) is 11.1 Å². The third-order valence-corrected chi connectivity index (χ3v) is 5.83. The molecule has 1 saturated carbocycles. The summed E-state index contributed by atoms with van der Waals surface area (Å²) in [6, 6.07) is 5.70. The summed E-state index contributed by atoms with van der Waals surface area (Å²) >= 11 is 4.44. The van der Waals surface area contributed by atoms with Crippen molar-refractivity contribution in [1.29, 1.82) is 0 Å². The lowest BCUT2D eigenvalue weighted by Gasteiger charge is -2.21. The maximum absolute atomic E-state index is 11.6. The number of amides is 2. The number of thioether (sulfide) groups is 1. The average molecular weight is 410 g/mol. The van der Waals surface area contributed by atoms with Crippen molar-refractivity contribution in [3.63, 3.8) is 0 Å². The fraction of sp³-hybridized carbons (Fsp3) is 0.444. The molecular weight excluding hydrogens is 390 g/mol. The molecule has 24 heavy (non-hydrogen) atoms. The number of nitrogens with one attached hydrogen (secondary N) is 1. The third kappa shape index (κ3) is 4.63. The lowest BCUT2D eigenvalue weighted by Crippen LogP contribution is -2.17. The number of rotatable bonds is 5. The van der Waals surface area contributed by atoms with Gasteiger partial charge in [0.2, 0.25) is 0 Å². The minimum absolute atomic E-state index is 0.326. The fourth-order valence-corrected chi connectivity index (χ4v) is 4.30. The standard InChI is InChI=1S/C18H20BrNO3S/c19-14-10-13(11-16-17(21)20-18(22)24-16)6-7-15(14)23-9-8-12-4-2-1-3-5-12/h6-7,10-12H,1-5,8-9H2,(H,20,21,22)/b16-11+. The van der Waals surface area contributed by atoms with Gasteiger partial charge in [0, 0.05) is 0 Å². The van der Waals surface area contributed by atoms with Gasteiger partial charge in [-0.3, -0.25) is 14.9 Å². The van der Waals surface area contributed by atoms with E-state index in [-0.39, 0.29) is 11.1 Å². The van der Waals surface area contributed by atoms with Crippen molar-refractivity contribution in [2.75, 3.05) is 6.61 Å². The number of halogens is 1. The van der Waals surface area contributed by atoms with Crippen molar-refractivity contribution in [1.82, 2.24) is 5.32 Å².